The SMILES string of the molecule is CCC(C)OC(=S)[S-].CCC(C)OC(=S)[S-].[Zn+2]. The third-order valence-corrected chi connectivity index (χ3v) is 2.13. The maximum absolute atomic E-state index is 4.95. The Balaban J connectivity index is -0.000000218. The summed E-state index contributed by atoms with van der Waals surface area (Å²) >= 11 is 18.1. The molecule has 0 amide bonds. The normalized spacial score (nSPS) is 12.0. The van der Waals surface area contributed by atoms with E-state index in [1.807, 2.05) is 27.7 Å². The van der Waals surface area contributed by atoms with E-state index in [1.165, 1.54) is 0 Å². The molecule has 0 spiro atoms. The van der Waals surface area contributed by atoms with E-state index in [0.717, 1.165) is 12.8 Å². The van der Waals surface area contributed by atoms with E-state index >= 15 is 0 Å². The van der Waals surface area contributed by atoms with E-state index in [9.17, 15) is 0 Å². The van der Waals surface area contributed by atoms with Gasteiger partial charge >= 0.3 is 19.5 Å². The number of thiocarbonyl (C=S) groups is 2. The predicted molar refractivity (Wildman–Crippen MR) is 81.6 cm³/mol. The second-order valence-electron chi connectivity index (χ2n) is 3.17. The standard InChI is InChI=1S/2C5H10OS2.Zn/c2*1-3-4(2)6-5(7)8;/h2*4H,3H2,1-2H3,(H,7,8);/q;;+2/p-2. The van der Waals surface area contributed by atoms with Gasteiger partial charge in [-0.15, -0.1) is 0 Å². The summed E-state index contributed by atoms with van der Waals surface area (Å²) in [6, 6.07) is 0. The van der Waals surface area contributed by atoms with E-state index in [4.69, 9.17) is 9.47 Å². The van der Waals surface area contributed by atoms with E-state index < -0.39 is 0 Å². The molecule has 0 aliphatic carbocycles. The first-order valence-corrected chi connectivity index (χ1v) is 6.71. The second-order valence-corrected chi connectivity index (χ2v) is 5.17. The van der Waals surface area contributed by atoms with Gasteiger partial charge in [0.15, 0.2) is 0 Å². The number of hydrogen-bond donors (Lipinski definition) is 0. The summed E-state index contributed by atoms with van der Waals surface area (Å²) in [5.41, 5.74) is 0. The Morgan fingerprint density at radius 3 is 1.24 bits per heavy atom. The van der Waals surface area contributed by atoms with Crippen LogP contribution in [0.1, 0.15) is 40.5 Å². The molecule has 0 aromatic carbocycles. The van der Waals surface area contributed by atoms with Crippen molar-refractivity contribution >= 4 is 58.5 Å². The second kappa shape index (κ2) is 14.9. The van der Waals surface area contributed by atoms with Gasteiger partial charge in [0.2, 0.25) is 0 Å². The topological polar surface area (TPSA) is 18.5 Å². The van der Waals surface area contributed by atoms with Crippen LogP contribution in [0.15, 0.2) is 0 Å². The minimum absolute atomic E-state index is 0. The van der Waals surface area contributed by atoms with E-state index in [1.54, 1.807) is 0 Å². The van der Waals surface area contributed by atoms with E-state index in [-0.39, 0.29) is 40.5 Å². The summed E-state index contributed by atoms with van der Waals surface area (Å²) in [6.07, 6.45) is 2.27. The zero-order valence-corrected chi connectivity index (χ0v) is 17.0. The Bertz CT molecular complexity index is 192. The van der Waals surface area contributed by atoms with Crippen molar-refractivity contribution in [1.82, 2.24) is 0 Å². The fraction of sp³-hybridized carbons (Fsp3) is 0.800. The largest absolute Gasteiger partial charge is 2.00 e. The van der Waals surface area contributed by atoms with Gasteiger partial charge in [-0.05, 0) is 26.7 Å². The first-order valence-electron chi connectivity index (χ1n) is 5.08. The fourth-order valence-electron chi connectivity index (χ4n) is 0.495. The monoisotopic (exact) mass is 362 g/mol. The van der Waals surface area contributed by atoms with Crippen molar-refractivity contribution in [2.24, 2.45) is 0 Å². The molecule has 0 rings (SSSR count). The van der Waals surface area contributed by atoms with Crippen LogP contribution in [0.5, 0.6) is 0 Å². The molecule has 0 saturated carbocycles. The smallest absolute Gasteiger partial charge is 0.511 e. The van der Waals surface area contributed by atoms with Crippen LogP contribution in [0.25, 0.3) is 0 Å². The third kappa shape index (κ3) is 22.5. The van der Waals surface area contributed by atoms with Crippen molar-refractivity contribution in [3.05, 3.63) is 0 Å². The van der Waals surface area contributed by atoms with Crippen LogP contribution in [-0.2, 0) is 54.2 Å². The van der Waals surface area contributed by atoms with Crippen LogP contribution >= 0.6 is 24.4 Å². The van der Waals surface area contributed by atoms with Crippen LogP contribution < -0.4 is 0 Å². The van der Waals surface area contributed by atoms with Crippen molar-refractivity contribution < 1.29 is 29.0 Å². The molecule has 0 radical (unpaired) electrons. The average Bonchev–Trinajstić information content (AvgIpc) is 2.16. The summed E-state index contributed by atoms with van der Waals surface area (Å²) < 4.78 is 10.3. The van der Waals surface area contributed by atoms with Crippen LogP contribution in [0.3, 0.4) is 0 Å². The van der Waals surface area contributed by atoms with Crippen LogP contribution in [-0.4, -0.2) is 21.0 Å². The van der Waals surface area contributed by atoms with Crippen molar-refractivity contribution in [3.63, 3.8) is 0 Å². The van der Waals surface area contributed by atoms with Gasteiger partial charge in [0.05, 0.1) is 12.2 Å². The molecule has 0 aliphatic rings. The molecule has 0 aromatic rings. The van der Waals surface area contributed by atoms with Gasteiger partial charge in [-0.2, -0.15) is 0 Å². The minimum atomic E-state index is 0. The molecule has 0 bridgehead atoms. The van der Waals surface area contributed by atoms with Crippen LogP contribution in [0.2, 0.25) is 0 Å². The molecule has 2 unspecified atom stereocenters. The molecule has 17 heavy (non-hydrogen) atoms. The van der Waals surface area contributed by atoms with E-state index in [2.05, 4.69) is 49.7 Å². The number of ether oxygens (including phenoxy) is 2. The fourth-order valence-corrected chi connectivity index (χ4v) is 1.15. The summed E-state index contributed by atoms with van der Waals surface area (Å²) in [6.45, 7) is 7.94. The third-order valence-electron chi connectivity index (χ3n) is 1.74. The van der Waals surface area contributed by atoms with Gasteiger partial charge < -0.3 is 59.2 Å². The molecular weight excluding hydrogens is 346 g/mol. The summed E-state index contributed by atoms with van der Waals surface area (Å²) in [5, 5.41) is 0. The molecule has 0 heterocycles. The predicted octanol–water partition coefficient (Wildman–Crippen LogP) is 3.26. The Morgan fingerprint density at radius 1 is 0.941 bits per heavy atom. The van der Waals surface area contributed by atoms with Gasteiger partial charge in [-0.3, -0.25) is 0 Å². The summed E-state index contributed by atoms with van der Waals surface area (Å²) in [7, 11) is 0. The first-order chi connectivity index (χ1) is 7.33. The summed E-state index contributed by atoms with van der Waals surface area (Å²) in [5.74, 6) is 0. The van der Waals surface area contributed by atoms with Crippen molar-refractivity contribution in [3.8, 4) is 0 Å². The first kappa shape index (κ1) is 23.0. The minimum Gasteiger partial charge on any atom is -0.511 e. The molecule has 0 saturated heterocycles. The van der Waals surface area contributed by atoms with Gasteiger partial charge in [-0.1, -0.05) is 13.8 Å². The Labute approximate surface area is 139 Å². The van der Waals surface area contributed by atoms with E-state index in [0.29, 0.717) is 0 Å². The van der Waals surface area contributed by atoms with Crippen LogP contribution in [0, 0.1) is 0 Å². The maximum atomic E-state index is 4.95. The quantitative estimate of drug-likeness (QED) is 0.430. The Morgan fingerprint density at radius 2 is 1.18 bits per heavy atom. The van der Waals surface area contributed by atoms with Gasteiger partial charge in [-0.25, -0.2) is 0 Å². The van der Waals surface area contributed by atoms with Gasteiger partial charge in [0.25, 0.3) is 0 Å². The number of rotatable bonds is 4. The molecule has 0 N–H and O–H groups in total. The van der Waals surface area contributed by atoms with Gasteiger partial charge in [0.1, 0.15) is 0 Å². The van der Waals surface area contributed by atoms with Crippen molar-refractivity contribution in [2.75, 3.05) is 0 Å². The summed E-state index contributed by atoms with van der Waals surface area (Å²) in [4.78, 5) is 0. The Hall–Kier alpha value is 0.843. The van der Waals surface area contributed by atoms with Crippen molar-refractivity contribution in [1.29, 1.82) is 0 Å². The zero-order chi connectivity index (χ0) is 13.1. The Kier molecular flexibility index (Phi) is 20.1. The molecule has 2 atom stereocenters. The molecular formula is C10H18O2S4Zn. The van der Waals surface area contributed by atoms with Crippen LogP contribution in [0.4, 0.5) is 0 Å². The molecule has 7 heteroatoms. The molecule has 0 aromatic heterocycles. The molecule has 2 nitrogen and oxygen atoms in total. The maximum Gasteiger partial charge on any atom is 2.00 e. The van der Waals surface area contributed by atoms with Gasteiger partial charge in [0, 0.05) is 8.77 Å². The molecule has 0 fully saturated rings. The number of hydrogen-bond acceptors (Lipinski definition) is 6. The zero-order valence-electron chi connectivity index (χ0n) is 10.7. The average molecular weight is 364 g/mol. The molecule has 0 aliphatic heterocycles. The van der Waals surface area contributed by atoms with Crippen molar-refractivity contribution in [2.45, 2.75) is 52.7 Å². The molecule has 96 valence electrons.